The molecule has 1 aliphatic rings. The summed E-state index contributed by atoms with van der Waals surface area (Å²) in [6.45, 7) is 1.74. The van der Waals surface area contributed by atoms with Gasteiger partial charge in [-0.1, -0.05) is 18.6 Å². The van der Waals surface area contributed by atoms with Crippen LogP contribution >= 0.6 is 0 Å². The third kappa shape index (κ3) is 3.02. The first-order valence-corrected chi connectivity index (χ1v) is 6.53. The van der Waals surface area contributed by atoms with Crippen LogP contribution in [0.25, 0.3) is 0 Å². The van der Waals surface area contributed by atoms with Crippen molar-refractivity contribution < 1.29 is 4.74 Å². The van der Waals surface area contributed by atoms with Gasteiger partial charge in [0.2, 0.25) is 0 Å². The van der Waals surface area contributed by atoms with Gasteiger partial charge in [-0.2, -0.15) is 5.26 Å². The fourth-order valence-corrected chi connectivity index (χ4v) is 2.32. The topological polar surface area (TPSA) is 45.0 Å². The molecule has 1 aromatic carbocycles. The van der Waals surface area contributed by atoms with Crippen molar-refractivity contribution in [1.82, 2.24) is 5.32 Å². The molecule has 0 bridgehead atoms. The van der Waals surface area contributed by atoms with Crippen LogP contribution < -0.4 is 10.1 Å². The molecule has 96 valence electrons. The molecule has 1 saturated carbocycles. The first-order valence-electron chi connectivity index (χ1n) is 6.53. The summed E-state index contributed by atoms with van der Waals surface area (Å²) < 4.78 is 5.20. The van der Waals surface area contributed by atoms with Crippen LogP contribution in [0.2, 0.25) is 0 Å². The lowest BCUT2D eigenvalue weighted by Gasteiger charge is -2.35. The molecule has 1 fully saturated rings. The Morgan fingerprint density at radius 3 is 2.89 bits per heavy atom. The zero-order chi connectivity index (χ0) is 12.8. The number of ether oxygens (including phenoxy) is 1. The molecule has 1 aliphatic carbocycles. The third-order valence-corrected chi connectivity index (χ3v) is 3.74. The van der Waals surface area contributed by atoms with E-state index >= 15 is 0 Å². The van der Waals surface area contributed by atoms with Crippen LogP contribution in [-0.4, -0.2) is 20.2 Å². The van der Waals surface area contributed by atoms with Crippen molar-refractivity contribution in [3.63, 3.8) is 0 Å². The van der Waals surface area contributed by atoms with E-state index in [4.69, 9.17) is 10.00 Å². The molecule has 0 spiro atoms. The molecule has 3 heteroatoms. The van der Waals surface area contributed by atoms with Gasteiger partial charge in [-0.25, -0.2) is 0 Å². The van der Waals surface area contributed by atoms with Gasteiger partial charge in [0.05, 0.1) is 18.6 Å². The molecule has 0 aromatic heterocycles. The second-order valence-corrected chi connectivity index (χ2v) is 5.02. The molecule has 0 aliphatic heterocycles. The highest BCUT2D eigenvalue weighted by molar-refractivity contribution is 5.28. The molecule has 0 amide bonds. The number of benzene rings is 1. The minimum absolute atomic E-state index is 0.0750. The Kier molecular flexibility index (Phi) is 4.22. The maximum absolute atomic E-state index is 9.11. The van der Waals surface area contributed by atoms with Crippen molar-refractivity contribution in [3.05, 3.63) is 29.8 Å². The van der Waals surface area contributed by atoms with E-state index in [2.05, 4.69) is 23.5 Å². The second kappa shape index (κ2) is 5.88. The maximum Gasteiger partial charge on any atom is 0.119 e. The normalized spacial score (nSPS) is 16.7. The van der Waals surface area contributed by atoms with Crippen LogP contribution in [0.1, 0.15) is 24.8 Å². The first-order chi connectivity index (χ1) is 8.78. The fraction of sp³-hybridized carbons (Fsp3) is 0.533. The van der Waals surface area contributed by atoms with Crippen molar-refractivity contribution in [1.29, 1.82) is 5.26 Å². The van der Waals surface area contributed by atoms with Crippen molar-refractivity contribution in [2.45, 2.75) is 25.7 Å². The summed E-state index contributed by atoms with van der Waals surface area (Å²) in [4.78, 5) is 0. The van der Waals surface area contributed by atoms with Crippen LogP contribution in [-0.2, 0) is 6.42 Å². The Hall–Kier alpha value is -1.53. The van der Waals surface area contributed by atoms with Crippen molar-refractivity contribution in [2.75, 3.05) is 20.2 Å². The average Bonchev–Trinajstić information content (AvgIpc) is 2.37. The van der Waals surface area contributed by atoms with E-state index in [-0.39, 0.29) is 5.41 Å². The van der Waals surface area contributed by atoms with Gasteiger partial charge in [0.15, 0.2) is 0 Å². The van der Waals surface area contributed by atoms with Crippen LogP contribution in [0, 0.1) is 16.7 Å². The van der Waals surface area contributed by atoms with Crippen molar-refractivity contribution in [3.8, 4) is 11.8 Å². The fourth-order valence-electron chi connectivity index (χ4n) is 2.32. The molecule has 2 rings (SSSR count). The molecule has 0 unspecified atom stereocenters. The van der Waals surface area contributed by atoms with Crippen LogP contribution in [0.5, 0.6) is 5.75 Å². The summed E-state index contributed by atoms with van der Waals surface area (Å²) in [6, 6.07) is 10.6. The van der Waals surface area contributed by atoms with Crippen molar-refractivity contribution >= 4 is 0 Å². The molecule has 0 atom stereocenters. The molecule has 18 heavy (non-hydrogen) atoms. The molecule has 0 radical (unpaired) electrons. The van der Waals surface area contributed by atoms with Gasteiger partial charge in [0, 0.05) is 6.54 Å². The number of nitrogens with one attached hydrogen (secondary N) is 1. The predicted molar refractivity (Wildman–Crippen MR) is 71.5 cm³/mol. The van der Waals surface area contributed by atoms with E-state index in [0.29, 0.717) is 0 Å². The van der Waals surface area contributed by atoms with E-state index in [1.54, 1.807) is 7.11 Å². The Balaban J connectivity index is 1.73. The van der Waals surface area contributed by atoms with Gasteiger partial charge in [0.1, 0.15) is 5.75 Å². The van der Waals surface area contributed by atoms with Gasteiger partial charge < -0.3 is 10.1 Å². The van der Waals surface area contributed by atoms with Crippen LogP contribution in [0.15, 0.2) is 24.3 Å². The molecular formula is C15H20N2O. The van der Waals surface area contributed by atoms with Crippen molar-refractivity contribution in [2.24, 2.45) is 5.41 Å². The highest BCUT2D eigenvalue weighted by atomic mass is 16.5. The highest BCUT2D eigenvalue weighted by Gasteiger charge is 2.36. The highest BCUT2D eigenvalue weighted by Crippen LogP contribution is 2.39. The summed E-state index contributed by atoms with van der Waals surface area (Å²) in [7, 11) is 1.69. The van der Waals surface area contributed by atoms with E-state index in [9.17, 15) is 0 Å². The number of nitriles is 1. The van der Waals surface area contributed by atoms with E-state index in [1.807, 2.05) is 12.1 Å². The van der Waals surface area contributed by atoms with E-state index in [1.165, 1.54) is 12.0 Å². The van der Waals surface area contributed by atoms with Gasteiger partial charge in [-0.05, 0) is 43.5 Å². The number of nitrogens with zero attached hydrogens (tertiary/aromatic N) is 1. The second-order valence-electron chi connectivity index (χ2n) is 5.02. The predicted octanol–water partition coefficient (Wildman–Crippen LogP) is 2.52. The minimum atomic E-state index is -0.0750. The van der Waals surface area contributed by atoms with Crippen LogP contribution in [0.3, 0.4) is 0 Å². The standard InChI is InChI=1S/C15H20N2O/c1-18-14-5-2-4-13(10-14)6-9-17-12-15(11-16)7-3-8-15/h2,4-5,10,17H,3,6-9,12H2,1H3. The van der Waals surface area contributed by atoms with Gasteiger partial charge in [-0.3, -0.25) is 0 Å². The summed E-state index contributed by atoms with van der Waals surface area (Å²) in [6.07, 6.45) is 4.27. The Morgan fingerprint density at radius 1 is 1.44 bits per heavy atom. The third-order valence-electron chi connectivity index (χ3n) is 3.74. The Bertz CT molecular complexity index is 432. The maximum atomic E-state index is 9.11. The summed E-state index contributed by atoms with van der Waals surface area (Å²) in [5.41, 5.74) is 1.19. The molecule has 1 N–H and O–H groups in total. The SMILES string of the molecule is COc1cccc(CCNCC2(C#N)CCC2)c1. The molecule has 0 heterocycles. The first kappa shape index (κ1) is 12.9. The molecule has 1 aromatic rings. The van der Waals surface area contributed by atoms with E-state index < -0.39 is 0 Å². The smallest absolute Gasteiger partial charge is 0.119 e. The summed E-state index contributed by atoms with van der Waals surface area (Å²) >= 11 is 0. The Labute approximate surface area is 109 Å². The van der Waals surface area contributed by atoms with E-state index in [0.717, 1.165) is 38.1 Å². The number of methoxy groups -OCH3 is 1. The average molecular weight is 244 g/mol. The zero-order valence-electron chi connectivity index (χ0n) is 10.9. The largest absolute Gasteiger partial charge is 0.497 e. The van der Waals surface area contributed by atoms with Crippen LogP contribution in [0.4, 0.5) is 0 Å². The van der Waals surface area contributed by atoms with Gasteiger partial charge >= 0.3 is 0 Å². The number of hydrogen-bond acceptors (Lipinski definition) is 3. The zero-order valence-corrected chi connectivity index (χ0v) is 10.9. The number of rotatable bonds is 6. The number of hydrogen-bond donors (Lipinski definition) is 1. The van der Waals surface area contributed by atoms with Gasteiger partial charge in [0.25, 0.3) is 0 Å². The molecule has 3 nitrogen and oxygen atoms in total. The summed E-state index contributed by atoms with van der Waals surface area (Å²) in [5.74, 6) is 0.903. The monoisotopic (exact) mass is 244 g/mol. The lowest BCUT2D eigenvalue weighted by atomic mass is 9.70. The molecule has 0 saturated heterocycles. The Morgan fingerprint density at radius 2 is 2.28 bits per heavy atom. The van der Waals surface area contributed by atoms with Gasteiger partial charge in [-0.15, -0.1) is 0 Å². The summed E-state index contributed by atoms with van der Waals surface area (Å²) in [5, 5.41) is 12.5. The lowest BCUT2D eigenvalue weighted by Crippen LogP contribution is -2.39. The quantitative estimate of drug-likeness (QED) is 0.782. The molecular weight excluding hydrogens is 224 g/mol. The lowest BCUT2D eigenvalue weighted by molar-refractivity contribution is 0.208. The minimum Gasteiger partial charge on any atom is -0.497 e.